The summed E-state index contributed by atoms with van der Waals surface area (Å²) >= 11 is 0. The van der Waals surface area contributed by atoms with Gasteiger partial charge in [-0.3, -0.25) is 0 Å². The molecule has 0 saturated heterocycles. The molecule has 2 heteroatoms. The fraction of sp³-hybridized carbons (Fsp3) is 0.429. The van der Waals surface area contributed by atoms with Crippen molar-refractivity contribution >= 4 is 0 Å². The maximum absolute atomic E-state index is 9.05. The van der Waals surface area contributed by atoms with E-state index in [2.05, 4.69) is 26.0 Å². The Kier molecular flexibility index (Phi) is 5.01. The first-order chi connectivity index (χ1) is 7.74. The monoisotopic (exact) mass is 216 g/mol. The van der Waals surface area contributed by atoms with Crippen LogP contribution in [0.25, 0.3) is 0 Å². The predicted molar refractivity (Wildman–Crippen MR) is 65.0 cm³/mol. The Balaban J connectivity index is 2.99. The van der Waals surface area contributed by atoms with Gasteiger partial charge in [-0.25, -0.2) is 0 Å². The van der Waals surface area contributed by atoms with Gasteiger partial charge in [-0.1, -0.05) is 26.0 Å². The molecule has 16 heavy (non-hydrogen) atoms. The highest BCUT2D eigenvalue weighted by Crippen LogP contribution is 2.24. The SMILES string of the molecule is CCc1c(C#N)cccc1[C](C)CCOC. The summed E-state index contributed by atoms with van der Waals surface area (Å²) in [7, 11) is 1.71. The van der Waals surface area contributed by atoms with Crippen LogP contribution in [0.1, 0.15) is 37.0 Å². The van der Waals surface area contributed by atoms with Crippen molar-refractivity contribution in [1.82, 2.24) is 0 Å². The van der Waals surface area contributed by atoms with Gasteiger partial charge >= 0.3 is 0 Å². The van der Waals surface area contributed by atoms with Gasteiger partial charge < -0.3 is 4.74 Å². The van der Waals surface area contributed by atoms with E-state index in [4.69, 9.17) is 10.00 Å². The van der Waals surface area contributed by atoms with Crippen LogP contribution in [0, 0.1) is 17.2 Å². The molecule has 0 heterocycles. The minimum Gasteiger partial charge on any atom is -0.385 e. The highest BCUT2D eigenvalue weighted by Gasteiger charge is 2.12. The van der Waals surface area contributed by atoms with Gasteiger partial charge in [-0.15, -0.1) is 0 Å². The molecule has 2 nitrogen and oxygen atoms in total. The van der Waals surface area contributed by atoms with Gasteiger partial charge in [-0.2, -0.15) is 5.26 Å². The summed E-state index contributed by atoms with van der Waals surface area (Å²) in [4.78, 5) is 0. The number of nitriles is 1. The van der Waals surface area contributed by atoms with Crippen LogP contribution in [-0.2, 0) is 11.2 Å². The zero-order valence-corrected chi connectivity index (χ0v) is 10.2. The summed E-state index contributed by atoms with van der Waals surface area (Å²) in [6.07, 6.45) is 1.81. The van der Waals surface area contributed by atoms with Gasteiger partial charge in [-0.05, 0) is 30.0 Å². The normalized spacial score (nSPS) is 10.4. The minimum absolute atomic E-state index is 0.728. The Hall–Kier alpha value is -1.33. The van der Waals surface area contributed by atoms with Crippen LogP contribution in [0.2, 0.25) is 0 Å². The largest absolute Gasteiger partial charge is 0.385 e. The molecular weight excluding hydrogens is 198 g/mol. The molecule has 0 N–H and O–H groups in total. The lowest BCUT2D eigenvalue weighted by Crippen LogP contribution is -2.04. The molecule has 1 aromatic rings. The topological polar surface area (TPSA) is 33.0 Å². The third kappa shape index (κ3) is 2.84. The van der Waals surface area contributed by atoms with Crippen molar-refractivity contribution in [3.05, 3.63) is 40.8 Å². The van der Waals surface area contributed by atoms with Crippen LogP contribution in [0.5, 0.6) is 0 Å². The molecule has 0 amide bonds. The fourth-order valence-corrected chi connectivity index (χ4v) is 1.86. The second-order valence-electron chi connectivity index (χ2n) is 3.82. The molecule has 1 rings (SSSR count). The van der Waals surface area contributed by atoms with Crippen LogP contribution in [-0.4, -0.2) is 13.7 Å². The van der Waals surface area contributed by atoms with Gasteiger partial charge in [0.25, 0.3) is 0 Å². The van der Waals surface area contributed by atoms with E-state index in [1.54, 1.807) is 7.11 Å². The third-order valence-electron chi connectivity index (χ3n) is 2.79. The highest BCUT2D eigenvalue weighted by molar-refractivity contribution is 5.48. The molecule has 0 aromatic heterocycles. The van der Waals surface area contributed by atoms with Gasteiger partial charge in [0.1, 0.15) is 0 Å². The van der Waals surface area contributed by atoms with Gasteiger partial charge in [0.05, 0.1) is 11.6 Å². The molecule has 0 spiro atoms. The lowest BCUT2D eigenvalue weighted by Gasteiger charge is -2.15. The lowest BCUT2D eigenvalue weighted by atomic mass is 9.89. The smallest absolute Gasteiger partial charge is 0.0994 e. The first kappa shape index (κ1) is 12.7. The van der Waals surface area contributed by atoms with Gasteiger partial charge in [0.2, 0.25) is 0 Å². The maximum Gasteiger partial charge on any atom is 0.0994 e. The summed E-state index contributed by atoms with van der Waals surface area (Å²) in [6.45, 7) is 4.92. The Morgan fingerprint density at radius 2 is 2.19 bits per heavy atom. The average Bonchev–Trinajstić information content (AvgIpc) is 2.34. The fourth-order valence-electron chi connectivity index (χ4n) is 1.86. The molecule has 0 aliphatic carbocycles. The van der Waals surface area contributed by atoms with Crippen LogP contribution >= 0.6 is 0 Å². The molecular formula is C14H18NO. The summed E-state index contributed by atoms with van der Waals surface area (Å²) in [5, 5.41) is 9.05. The Morgan fingerprint density at radius 1 is 1.44 bits per heavy atom. The summed E-state index contributed by atoms with van der Waals surface area (Å²) in [6, 6.07) is 8.17. The lowest BCUT2D eigenvalue weighted by molar-refractivity contribution is 0.199. The number of hydrogen-bond acceptors (Lipinski definition) is 2. The summed E-state index contributed by atoms with van der Waals surface area (Å²) < 4.78 is 5.08. The van der Waals surface area contributed by atoms with E-state index in [1.807, 2.05) is 12.1 Å². The number of methoxy groups -OCH3 is 1. The van der Waals surface area contributed by atoms with Gasteiger partial charge in [0.15, 0.2) is 0 Å². The van der Waals surface area contributed by atoms with Crippen LogP contribution < -0.4 is 0 Å². The van der Waals surface area contributed by atoms with E-state index in [9.17, 15) is 0 Å². The number of hydrogen-bond donors (Lipinski definition) is 0. The molecule has 0 bridgehead atoms. The highest BCUT2D eigenvalue weighted by atomic mass is 16.5. The second kappa shape index (κ2) is 6.30. The second-order valence-corrected chi connectivity index (χ2v) is 3.82. The quantitative estimate of drug-likeness (QED) is 0.757. The third-order valence-corrected chi connectivity index (χ3v) is 2.79. The summed E-state index contributed by atoms with van der Waals surface area (Å²) in [5.41, 5.74) is 3.15. The Labute approximate surface area is 97.9 Å². The van der Waals surface area contributed by atoms with E-state index in [0.29, 0.717) is 0 Å². The van der Waals surface area contributed by atoms with E-state index in [-0.39, 0.29) is 0 Å². The van der Waals surface area contributed by atoms with E-state index < -0.39 is 0 Å². The standard InChI is InChI=1S/C14H18NO/c1-4-13-12(10-15)6-5-7-14(13)11(2)8-9-16-3/h5-7H,4,8-9H2,1-3H3. The molecule has 0 atom stereocenters. The Bertz CT molecular complexity index is 379. The van der Waals surface area contributed by atoms with Crippen LogP contribution in [0.15, 0.2) is 18.2 Å². The van der Waals surface area contributed by atoms with Crippen molar-refractivity contribution in [2.24, 2.45) is 0 Å². The van der Waals surface area contributed by atoms with E-state index in [1.165, 1.54) is 11.5 Å². The molecule has 1 aromatic carbocycles. The van der Waals surface area contributed by atoms with E-state index in [0.717, 1.165) is 30.6 Å². The molecule has 85 valence electrons. The van der Waals surface area contributed by atoms with Gasteiger partial charge in [0, 0.05) is 19.6 Å². The van der Waals surface area contributed by atoms with Crippen molar-refractivity contribution in [2.45, 2.75) is 26.7 Å². The molecule has 1 radical (unpaired) electrons. The predicted octanol–water partition coefficient (Wildman–Crippen LogP) is 3.10. The Morgan fingerprint density at radius 3 is 2.75 bits per heavy atom. The zero-order valence-electron chi connectivity index (χ0n) is 10.2. The van der Waals surface area contributed by atoms with Crippen molar-refractivity contribution in [3.8, 4) is 6.07 Å². The molecule has 0 aliphatic rings. The van der Waals surface area contributed by atoms with Crippen molar-refractivity contribution in [2.75, 3.05) is 13.7 Å². The van der Waals surface area contributed by atoms with Crippen molar-refractivity contribution < 1.29 is 4.74 Å². The maximum atomic E-state index is 9.05. The number of benzene rings is 1. The van der Waals surface area contributed by atoms with Crippen molar-refractivity contribution in [1.29, 1.82) is 5.26 Å². The van der Waals surface area contributed by atoms with Crippen LogP contribution in [0.3, 0.4) is 0 Å². The first-order valence-corrected chi connectivity index (χ1v) is 5.58. The molecule has 0 aliphatic heterocycles. The molecule has 0 saturated carbocycles. The van der Waals surface area contributed by atoms with E-state index >= 15 is 0 Å². The zero-order chi connectivity index (χ0) is 12.0. The van der Waals surface area contributed by atoms with Crippen LogP contribution in [0.4, 0.5) is 0 Å². The van der Waals surface area contributed by atoms with Crippen molar-refractivity contribution in [3.63, 3.8) is 0 Å². The first-order valence-electron chi connectivity index (χ1n) is 5.58. The number of ether oxygens (including phenoxy) is 1. The number of nitrogens with zero attached hydrogens (tertiary/aromatic N) is 1. The molecule has 0 unspecified atom stereocenters. The summed E-state index contributed by atoms with van der Waals surface area (Å²) in [5.74, 6) is 1.29. The average molecular weight is 216 g/mol. The minimum atomic E-state index is 0.728. The molecule has 0 fully saturated rings. The number of rotatable bonds is 5.